The van der Waals surface area contributed by atoms with Crippen LogP contribution in [0.25, 0.3) is 6.08 Å². The van der Waals surface area contributed by atoms with Gasteiger partial charge in [0.25, 0.3) is 0 Å². The van der Waals surface area contributed by atoms with E-state index in [0.717, 1.165) is 32.5 Å². The number of rotatable bonds is 5. The molecule has 2 heterocycles. The van der Waals surface area contributed by atoms with Gasteiger partial charge in [-0.05, 0) is 55.0 Å². The Balaban J connectivity index is 1.48. The Hall–Kier alpha value is -2.26. The zero-order valence-electron chi connectivity index (χ0n) is 18.0. The highest BCUT2D eigenvalue weighted by atomic mass is 16.3. The van der Waals surface area contributed by atoms with Crippen LogP contribution in [0.5, 0.6) is 0 Å². The molecule has 2 aromatic carbocycles. The van der Waals surface area contributed by atoms with E-state index in [-0.39, 0.29) is 5.41 Å². The van der Waals surface area contributed by atoms with E-state index in [1.54, 1.807) is 0 Å². The van der Waals surface area contributed by atoms with E-state index in [1.807, 2.05) is 0 Å². The van der Waals surface area contributed by atoms with Gasteiger partial charge in [-0.3, -0.25) is 0 Å². The summed E-state index contributed by atoms with van der Waals surface area (Å²) in [5.41, 5.74) is 5.46. The van der Waals surface area contributed by atoms with Gasteiger partial charge in [-0.25, -0.2) is 0 Å². The van der Waals surface area contributed by atoms with Crippen LogP contribution in [0.2, 0.25) is 0 Å². The lowest BCUT2D eigenvalue weighted by Gasteiger charge is -2.33. The fraction of sp³-hybridized carbons (Fsp3) is 0.462. The highest BCUT2D eigenvalue weighted by Gasteiger charge is 2.42. The average Bonchev–Trinajstić information content (AvgIpc) is 2.99. The minimum atomic E-state index is 0.0973. The van der Waals surface area contributed by atoms with Crippen molar-refractivity contribution in [2.45, 2.75) is 45.1 Å². The molecule has 0 spiro atoms. The molecule has 1 N–H and O–H groups in total. The summed E-state index contributed by atoms with van der Waals surface area (Å²) in [5.74, 6) is 0.480. The first-order chi connectivity index (χ1) is 14.0. The first-order valence-corrected chi connectivity index (χ1v) is 11.0. The molecule has 1 unspecified atom stereocenters. The van der Waals surface area contributed by atoms with Crippen molar-refractivity contribution in [3.63, 3.8) is 0 Å². The van der Waals surface area contributed by atoms with Gasteiger partial charge in [0, 0.05) is 43.0 Å². The Bertz CT molecular complexity index is 847. The number of piperidine rings is 1. The van der Waals surface area contributed by atoms with Gasteiger partial charge < -0.3 is 14.9 Å². The van der Waals surface area contributed by atoms with Crippen molar-refractivity contribution in [2.75, 3.05) is 36.0 Å². The molecule has 1 saturated heterocycles. The molecule has 1 fully saturated rings. The van der Waals surface area contributed by atoms with Gasteiger partial charge in [0.2, 0.25) is 0 Å². The second-order valence-corrected chi connectivity index (χ2v) is 9.03. The third kappa shape index (κ3) is 3.81. The number of para-hydroxylation sites is 1. The smallest absolute Gasteiger partial charge is 0.0568 e. The van der Waals surface area contributed by atoms with Crippen molar-refractivity contribution in [3.8, 4) is 0 Å². The summed E-state index contributed by atoms with van der Waals surface area (Å²) < 4.78 is 0. The molecule has 4 rings (SSSR count). The average molecular weight is 391 g/mol. The molecule has 2 aliphatic heterocycles. The molecular weight excluding hydrogens is 356 g/mol. The SMILES string of the molecule is CCN1c2ccccc2C(C)(C)C1C=Cc1ccc(N2CCC(CO)CC2)cc1. The fourth-order valence-corrected chi connectivity index (χ4v) is 5.05. The van der Waals surface area contributed by atoms with Crippen molar-refractivity contribution in [2.24, 2.45) is 5.92 Å². The summed E-state index contributed by atoms with van der Waals surface area (Å²) in [6, 6.07) is 18.1. The molecule has 0 aliphatic carbocycles. The van der Waals surface area contributed by atoms with Gasteiger partial charge in [0.15, 0.2) is 0 Å². The van der Waals surface area contributed by atoms with Crippen LogP contribution in [0.4, 0.5) is 11.4 Å². The van der Waals surface area contributed by atoms with Crippen molar-refractivity contribution < 1.29 is 5.11 Å². The van der Waals surface area contributed by atoms with Crippen LogP contribution in [-0.2, 0) is 5.41 Å². The highest BCUT2D eigenvalue weighted by Crippen LogP contribution is 2.45. The molecule has 3 heteroatoms. The quantitative estimate of drug-likeness (QED) is 0.770. The number of nitrogens with zero attached hydrogens (tertiary/aromatic N) is 2. The van der Waals surface area contributed by atoms with Gasteiger partial charge in [-0.1, -0.05) is 56.3 Å². The predicted octanol–water partition coefficient (Wildman–Crippen LogP) is 5.09. The molecule has 1 atom stereocenters. The first kappa shape index (κ1) is 20.0. The van der Waals surface area contributed by atoms with Crippen molar-refractivity contribution in [3.05, 3.63) is 65.7 Å². The molecule has 0 aromatic heterocycles. The van der Waals surface area contributed by atoms with Crippen LogP contribution in [-0.4, -0.2) is 37.4 Å². The van der Waals surface area contributed by atoms with Gasteiger partial charge in [-0.15, -0.1) is 0 Å². The Morgan fingerprint density at radius 1 is 1.03 bits per heavy atom. The monoisotopic (exact) mass is 390 g/mol. The van der Waals surface area contributed by atoms with Gasteiger partial charge >= 0.3 is 0 Å². The molecule has 2 aliphatic rings. The van der Waals surface area contributed by atoms with Crippen molar-refractivity contribution >= 4 is 17.5 Å². The number of benzene rings is 2. The Morgan fingerprint density at radius 2 is 1.72 bits per heavy atom. The van der Waals surface area contributed by atoms with E-state index in [1.165, 1.54) is 22.5 Å². The Kier molecular flexibility index (Phi) is 5.69. The summed E-state index contributed by atoms with van der Waals surface area (Å²) in [6.07, 6.45) is 6.83. The number of aliphatic hydroxyl groups is 1. The number of aliphatic hydroxyl groups excluding tert-OH is 1. The van der Waals surface area contributed by atoms with Crippen LogP contribution in [0.1, 0.15) is 44.7 Å². The predicted molar refractivity (Wildman–Crippen MR) is 124 cm³/mol. The summed E-state index contributed by atoms with van der Waals surface area (Å²) in [4.78, 5) is 4.96. The lowest BCUT2D eigenvalue weighted by atomic mass is 9.80. The summed E-state index contributed by atoms with van der Waals surface area (Å²) in [5, 5.41) is 9.33. The van der Waals surface area contributed by atoms with Gasteiger partial charge in [0.1, 0.15) is 0 Å². The summed E-state index contributed by atoms with van der Waals surface area (Å²) in [6.45, 7) is 10.4. The van der Waals surface area contributed by atoms with E-state index in [2.05, 4.69) is 91.3 Å². The maximum atomic E-state index is 9.33. The third-order valence-electron chi connectivity index (χ3n) is 6.93. The van der Waals surface area contributed by atoms with Crippen LogP contribution >= 0.6 is 0 Å². The van der Waals surface area contributed by atoms with Crippen molar-refractivity contribution in [1.82, 2.24) is 0 Å². The van der Waals surface area contributed by atoms with Crippen LogP contribution in [0.15, 0.2) is 54.6 Å². The standard InChI is InChI=1S/C26H34N2O/c1-4-28-24-8-6-5-7-23(24)26(2,3)25(28)14-11-20-9-12-22(13-10-20)27-17-15-21(19-29)16-18-27/h5-14,21,25,29H,4,15-19H2,1-3H3. The number of fused-ring (bicyclic) bond motifs is 1. The number of hydrogen-bond donors (Lipinski definition) is 1. The topological polar surface area (TPSA) is 26.7 Å². The molecule has 154 valence electrons. The lowest BCUT2D eigenvalue weighted by Crippen LogP contribution is -2.39. The van der Waals surface area contributed by atoms with E-state index in [9.17, 15) is 5.11 Å². The molecule has 0 amide bonds. The van der Waals surface area contributed by atoms with Crippen molar-refractivity contribution in [1.29, 1.82) is 0 Å². The van der Waals surface area contributed by atoms with Gasteiger partial charge in [0.05, 0.1) is 6.04 Å². The van der Waals surface area contributed by atoms with Crippen LogP contribution in [0.3, 0.4) is 0 Å². The van der Waals surface area contributed by atoms with Gasteiger partial charge in [-0.2, -0.15) is 0 Å². The summed E-state index contributed by atoms with van der Waals surface area (Å²) in [7, 11) is 0. The minimum Gasteiger partial charge on any atom is -0.396 e. The highest BCUT2D eigenvalue weighted by molar-refractivity contribution is 5.67. The number of anilines is 2. The summed E-state index contributed by atoms with van der Waals surface area (Å²) >= 11 is 0. The largest absolute Gasteiger partial charge is 0.396 e. The second kappa shape index (κ2) is 8.23. The third-order valence-corrected chi connectivity index (χ3v) is 6.93. The molecule has 0 radical (unpaired) electrons. The lowest BCUT2D eigenvalue weighted by molar-refractivity contribution is 0.203. The number of likely N-dealkylation sites (N-methyl/N-ethyl adjacent to an activating group) is 1. The first-order valence-electron chi connectivity index (χ1n) is 11.0. The number of hydrogen-bond acceptors (Lipinski definition) is 3. The fourth-order valence-electron chi connectivity index (χ4n) is 5.05. The molecule has 2 aromatic rings. The maximum absolute atomic E-state index is 9.33. The maximum Gasteiger partial charge on any atom is 0.0568 e. The normalized spacial score (nSPS) is 21.7. The Morgan fingerprint density at radius 3 is 2.38 bits per heavy atom. The second-order valence-electron chi connectivity index (χ2n) is 9.03. The minimum absolute atomic E-state index is 0.0973. The molecule has 0 bridgehead atoms. The Labute approximate surface area is 175 Å². The van der Waals surface area contributed by atoms with E-state index in [4.69, 9.17) is 0 Å². The zero-order valence-corrected chi connectivity index (χ0v) is 18.0. The molecule has 3 nitrogen and oxygen atoms in total. The molecular formula is C26H34N2O. The molecule has 29 heavy (non-hydrogen) atoms. The molecule has 0 saturated carbocycles. The van der Waals surface area contributed by atoms with E-state index in [0.29, 0.717) is 18.6 Å². The zero-order chi connectivity index (χ0) is 20.4. The van der Waals surface area contributed by atoms with Crippen LogP contribution < -0.4 is 9.80 Å². The van der Waals surface area contributed by atoms with E-state index < -0.39 is 0 Å². The van der Waals surface area contributed by atoms with E-state index >= 15 is 0 Å². The van der Waals surface area contributed by atoms with Crippen LogP contribution in [0, 0.1) is 5.92 Å².